The van der Waals surface area contributed by atoms with E-state index in [4.69, 9.17) is 11.6 Å². The number of halogens is 4. The molecule has 0 saturated carbocycles. The summed E-state index contributed by atoms with van der Waals surface area (Å²) in [4.78, 5) is -0.345. The predicted molar refractivity (Wildman–Crippen MR) is 72.7 cm³/mol. The van der Waals surface area contributed by atoms with Crippen molar-refractivity contribution in [2.45, 2.75) is 30.0 Å². The summed E-state index contributed by atoms with van der Waals surface area (Å²) in [6.45, 7) is 1.30. The van der Waals surface area contributed by atoms with E-state index in [1.165, 1.54) is 0 Å². The van der Waals surface area contributed by atoms with Crippen molar-refractivity contribution in [3.05, 3.63) is 28.8 Å². The number of sulfonamides is 1. The fraction of sp³-hybridized carbons (Fsp3) is 0.500. The van der Waals surface area contributed by atoms with Crippen molar-refractivity contribution in [2.24, 2.45) is 0 Å². The van der Waals surface area contributed by atoms with Crippen LogP contribution in [-0.4, -0.2) is 27.5 Å². The van der Waals surface area contributed by atoms with E-state index < -0.39 is 26.8 Å². The zero-order chi connectivity index (χ0) is 15.7. The smallest absolute Gasteiger partial charge is 0.315 e. The number of benzene rings is 1. The monoisotopic (exact) mass is 342 g/mol. The van der Waals surface area contributed by atoms with Crippen LogP contribution in [0.2, 0.25) is 5.02 Å². The number of hydrogen-bond acceptors (Lipinski definition) is 3. The fourth-order valence-electron chi connectivity index (χ4n) is 2.13. The van der Waals surface area contributed by atoms with Crippen LogP contribution in [0.25, 0.3) is 0 Å². The van der Waals surface area contributed by atoms with Gasteiger partial charge in [-0.1, -0.05) is 11.6 Å². The molecule has 1 aromatic rings. The third kappa shape index (κ3) is 4.09. The van der Waals surface area contributed by atoms with Gasteiger partial charge in [0.05, 0.1) is 10.6 Å². The molecule has 1 aliphatic rings. The van der Waals surface area contributed by atoms with Gasteiger partial charge in [0.2, 0.25) is 10.0 Å². The Hall–Kier alpha value is -0.830. The first kappa shape index (κ1) is 16.5. The number of nitrogens with one attached hydrogen (secondary N) is 2. The summed E-state index contributed by atoms with van der Waals surface area (Å²) in [5.74, 6) is 0. The van der Waals surface area contributed by atoms with Gasteiger partial charge < -0.3 is 5.32 Å². The molecule has 9 heteroatoms. The minimum Gasteiger partial charge on any atom is -0.315 e. The molecule has 0 spiro atoms. The zero-order valence-electron chi connectivity index (χ0n) is 10.9. The summed E-state index contributed by atoms with van der Waals surface area (Å²) >= 11 is 5.70. The van der Waals surface area contributed by atoms with Crippen LogP contribution < -0.4 is 10.0 Å². The number of hydrogen-bond donors (Lipinski definition) is 2. The van der Waals surface area contributed by atoms with Crippen LogP contribution in [0.1, 0.15) is 18.4 Å². The van der Waals surface area contributed by atoms with E-state index in [-0.39, 0.29) is 10.9 Å². The van der Waals surface area contributed by atoms with E-state index in [0.717, 1.165) is 19.0 Å². The average molecular weight is 343 g/mol. The molecule has 4 nitrogen and oxygen atoms in total. The van der Waals surface area contributed by atoms with E-state index >= 15 is 0 Å². The molecular weight excluding hydrogens is 329 g/mol. The maximum absolute atomic E-state index is 12.5. The molecule has 0 aliphatic carbocycles. The second-order valence-electron chi connectivity index (χ2n) is 4.81. The predicted octanol–water partition coefficient (Wildman–Crippen LogP) is 2.39. The average Bonchev–Trinajstić information content (AvgIpc) is 2.37. The molecule has 0 radical (unpaired) electrons. The Bertz CT molecular complexity index is 613. The largest absolute Gasteiger partial charge is 0.416 e. The molecule has 21 heavy (non-hydrogen) atoms. The molecule has 0 aromatic heterocycles. The molecule has 1 fully saturated rings. The topological polar surface area (TPSA) is 58.2 Å². The summed E-state index contributed by atoms with van der Waals surface area (Å²) in [6.07, 6.45) is -3.06. The molecule has 1 atom stereocenters. The molecule has 1 unspecified atom stereocenters. The standard InChI is InChI=1S/C12H14ClF3N2O2S/c13-10-6-8(12(14,15)16)3-4-11(10)21(19,20)18-9-2-1-5-17-7-9/h3-4,6,9,17-18H,1-2,5,7H2. The van der Waals surface area contributed by atoms with Crippen molar-refractivity contribution in [2.75, 3.05) is 13.1 Å². The van der Waals surface area contributed by atoms with Gasteiger partial charge in [0.15, 0.2) is 0 Å². The second-order valence-corrected chi connectivity index (χ2v) is 6.90. The lowest BCUT2D eigenvalue weighted by Gasteiger charge is -2.24. The van der Waals surface area contributed by atoms with E-state index in [2.05, 4.69) is 10.0 Å². The number of piperidine rings is 1. The first-order valence-electron chi connectivity index (χ1n) is 6.30. The quantitative estimate of drug-likeness (QED) is 0.886. The molecule has 1 heterocycles. The van der Waals surface area contributed by atoms with Gasteiger partial charge in [0.1, 0.15) is 4.90 Å². The lowest BCUT2D eigenvalue weighted by molar-refractivity contribution is -0.137. The lowest BCUT2D eigenvalue weighted by Crippen LogP contribution is -2.45. The summed E-state index contributed by atoms with van der Waals surface area (Å²) in [5.41, 5.74) is -0.981. The van der Waals surface area contributed by atoms with E-state index in [0.29, 0.717) is 25.1 Å². The van der Waals surface area contributed by atoms with Crippen LogP contribution in [0.3, 0.4) is 0 Å². The molecule has 1 saturated heterocycles. The zero-order valence-corrected chi connectivity index (χ0v) is 12.4. The molecule has 0 bridgehead atoms. The maximum Gasteiger partial charge on any atom is 0.416 e. The van der Waals surface area contributed by atoms with Crippen LogP contribution in [0.4, 0.5) is 13.2 Å². The summed E-state index contributed by atoms with van der Waals surface area (Å²) in [7, 11) is -3.94. The Morgan fingerprint density at radius 1 is 1.33 bits per heavy atom. The summed E-state index contributed by atoms with van der Waals surface area (Å²) in [5, 5.41) is 2.60. The molecular formula is C12H14ClF3N2O2S. The SMILES string of the molecule is O=S(=O)(NC1CCCNC1)c1ccc(C(F)(F)F)cc1Cl. The first-order valence-corrected chi connectivity index (χ1v) is 8.16. The molecule has 118 valence electrons. The van der Waals surface area contributed by atoms with Gasteiger partial charge >= 0.3 is 6.18 Å². The first-order chi connectivity index (χ1) is 9.70. The number of rotatable bonds is 3. The summed E-state index contributed by atoms with van der Waals surface area (Å²) < 4.78 is 64.4. The van der Waals surface area contributed by atoms with Gasteiger partial charge in [0.25, 0.3) is 0 Å². The Morgan fingerprint density at radius 2 is 2.05 bits per heavy atom. The molecule has 2 rings (SSSR count). The molecule has 0 amide bonds. The highest BCUT2D eigenvalue weighted by Crippen LogP contribution is 2.33. The highest BCUT2D eigenvalue weighted by molar-refractivity contribution is 7.89. The molecule has 1 aliphatic heterocycles. The van der Waals surface area contributed by atoms with Crippen LogP contribution in [-0.2, 0) is 16.2 Å². The van der Waals surface area contributed by atoms with Crippen molar-refractivity contribution in [1.29, 1.82) is 0 Å². The minimum atomic E-state index is -4.56. The van der Waals surface area contributed by atoms with Gasteiger partial charge in [-0.25, -0.2) is 13.1 Å². The Kier molecular flexibility index (Phi) is 4.82. The Balaban J connectivity index is 2.23. The lowest BCUT2D eigenvalue weighted by atomic mass is 10.1. The maximum atomic E-state index is 12.5. The highest BCUT2D eigenvalue weighted by Gasteiger charge is 2.32. The third-order valence-electron chi connectivity index (χ3n) is 3.17. The van der Waals surface area contributed by atoms with Gasteiger partial charge in [-0.3, -0.25) is 0 Å². The van der Waals surface area contributed by atoms with Crippen molar-refractivity contribution in [3.63, 3.8) is 0 Å². The third-order valence-corrected chi connectivity index (χ3v) is 5.17. The van der Waals surface area contributed by atoms with Crippen molar-refractivity contribution in [3.8, 4) is 0 Å². The molecule has 1 aromatic carbocycles. The summed E-state index contributed by atoms with van der Waals surface area (Å²) in [6, 6.07) is 1.92. The van der Waals surface area contributed by atoms with E-state index in [1.807, 2.05) is 0 Å². The van der Waals surface area contributed by atoms with Gasteiger partial charge in [-0.2, -0.15) is 13.2 Å². The van der Waals surface area contributed by atoms with Crippen LogP contribution in [0.15, 0.2) is 23.1 Å². The minimum absolute atomic E-state index is 0.290. The van der Waals surface area contributed by atoms with Crippen LogP contribution >= 0.6 is 11.6 Å². The van der Waals surface area contributed by atoms with Crippen LogP contribution in [0, 0.1) is 0 Å². The molecule has 2 N–H and O–H groups in total. The number of alkyl halides is 3. The van der Waals surface area contributed by atoms with Crippen LogP contribution in [0.5, 0.6) is 0 Å². The highest BCUT2D eigenvalue weighted by atomic mass is 35.5. The Morgan fingerprint density at radius 3 is 2.57 bits per heavy atom. The Labute approximate surface area is 125 Å². The van der Waals surface area contributed by atoms with E-state index in [9.17, 15) is 21.6 Å². The van der Waals surface area contributed by atoms with Gasteiger partial charge in [-0.15, -0.1) is 0 Å². The van der Waals surface area contributed by atoms with Crippen molar-refractivity contribution in [1.82, 2.24) is 10.0 Å². The second kappa shape index (κ2) is 6.12. The van der Waals surface area contributed by atoms with Gasteiger partial charge in [0, 0.05) is 12.6 Å². The van der Waals surface area contributed by atoms with E-state index in [1.54, 1.807) is 0 Å². The van der Waals surface area contributed by atoms with Crippen molar-refractivity contribution >= 4 is 21.6 Å². The van der Waals surface area contributed by atoms with Crippen molar-refractivity contribution < 1.29 is 21.6 Å². The fourth-order valence-corrected chi connectivity index (χ4v) is 3.95. The van der Waals surface area contributed by atoms with Gasteiger partial charge in [-0.05, 0) is 37.6 Å². The normalized spacial score (nSPS) is 20.5.